The molecule has 1 unspecified atom stereocenters. The van der Waals surface area contributed by atoms with Crippen molar-refractivity contribution < 1.29 is 18.0 Å². The van der Waals surface area contributed by atoms with Crippen LogP contribution in [-0.4, -0.2) is 42.7 Å². The van der Waals surface area contributed by atoms with Gasteiger partial charge in [-0.3, -0.25) is 9.69 Å². The first kappa shape index (κ1) is 23.2. The van der Waals surface area contributed by atoms with Gasteiger partial charge in [-0.25, -0.2) is 0 Å². The average molecular weight is 410 g/mol. The van der Waals surface area contributed by atoms with Gasteiger partial charge >= 0.3 is 6.18 Å². The summed E-state index contributed by atoms with van der Waals surface area (Å²) in [6, 6.07) is 4.92. The van der Waals surface area contributed by atoms with Crippen molar-refractivity contribution in [1.82, 2.24) is 10.2 Å². The molecule has 29 heavy (non-hydrogen) atoms. The zero-order valence-corrected chi connectivity index (χ0v) is 16.9. The van der Waals surface area contributed by atoms with E-state index in [4.69, 9.17) is 11.0 Å². The fourth-order valence-corrected chi connectivity index (χ4v) is 4.00. The van der Waals surface area contributed by atoms with Gasteiger partial charge in [0.2, 0.25) is 5.91 Å². The second-order valence-electron chi connectivity index (χ2n) is 8.01. The van der Waals surface area contributed by atoms with Gasteiger partial charge in [0.05, 0.1) is 18.7 Å². The minimum Gasteiger partial charge on any atom is -0.368 e. The van der Waals surface area contributed by atoms with Gasteiger partial charge in [0, 0.05) is 0 Å². The maximum atomic E-state index is 14.1. The first-order chi connectivity index (χ1) is 13.6. The molecule has 5 nitrogen and oxygen atoms in total. The number of nitrogens with one attached hydrogen (secondary N) is 1. The Kier molecular flexibility index (Phi) is 8.05. The third-order valence-electron chi connectivity index (χ3n) is 5.38. The Morgan fingerprint density at radius 1 is 1.28 bits per heavy atom. The summed E-state index contributed by atoms with van der Waals surface area (Å²) in [7, 11) is 0. The SMILES string of the molecule is CC(C)C[C@@H](C(N)=O)N(CC#N)C(c1ccc(C2CCNCC2)cc1)C(F)(F)F. The van der Waals surface area contributed by atoms with Crippen molar-refractivity contribution in [3.63, 3.8) is 0 Å². The number of nitrogens with two attached hydrogens (primary N) is 1. The van der Waals surface area contributed by atoms with Gasteiger partial charge in [0.25, 0.3) is 0 Å². The Hall–Kier alpha value is -2.11. The fraction of sp³-hybridized carbons (Fsp3) is 0.619. The topological polar surface area (TPSA) is 82.2 Å². The maximum absolute atomic E-state index is 14.1. The molecule has 1 aromatic carbocycles. The molecule has 1 aromatic rings. The predicted octanol–water partition coefficient (Wildman–Crippen LogP) is 3.48. The molecule has 1 saturated heterocycles. The van der Waals surface area contributed by atoms with Crippen LogP contribution >= 0.6 is 0 Å². The first-order valence-corrected chi connectivity index (χ1v) is 9.94. The number of hydrogen-bond acceptors (Lipinski definition) is 4. The summed E-state index contributed by atoms with van der Waals surface area (Å²) in [4.78, 5) is 12.9. The smallest absolute Gasteiger partial charge is 0.368 e. The molecule has 1 aliphatic rings. The van der Waals surface area contributed by atoms with E-state index in [9.17, 15) is 18.0 Å². The lowest BCUT2D eigenvalue weighted by Gasteiger charge is -2.37. The number of alkyl halides is 3. The van der Waals surface area contributed by atoms with Crippen LogP contribution in [0.15, 0.2) is 24.3 Å². The number of piperidine rings is 1. The van der Waals surface area contributed by atoms with E-state index < -0.39 is 30.7 Å². The highest BCUT2D eigenvalue weighted by Gasteiger charge is 2.48. The van der Waals surface area contributed by atoms with Crippen molar-refractivity contribution in [2.24, 2.45) is 11.7 Å². The van der Waals surface area contributed by atoms with Crippen molar-refractivity contribution in [3.05, 3.63) is 35.4 Å². The van der Waals surface area contributed by atoms with Gasteiger partial charge < -0.3 is 11.1 Å². The maximum Gasteiger partial charge on any atom is 0.408 e. The largest absolute Gasteiger partial charge is 0.408 e. The standard InChI is InChI=1S/C21H29F3N4O/c1-14(2)13-18(20(26)29)28(12-9-25)19(21(22,23)24)17-5-3-15(4-6-17)16-7-10-27-11-8-16/h3-6,14,16,18-19,27H,7-8,10-13H2,1-2H3,(H2,26,29)/t18-,19?/m0/s1. The van der Waals surface area contributed by atoms with Gasteiger partial charge in [-0.15, -0.1) is 0 Å². The van der Waals surface area contributed by atoms with Crippen molar-refractivity contribution >= 4 is 5.91 Å². The van der Waals surface area contributed by atoms with E-state index in [-0.39, 0.29) is 17.9 Å². The van der Waals surface area contributed by atoms with Crippen molar-refractivity contribution in [3.8, 4) is 6.07 Å². The molecule has 3 N–H and O–H groups in total. The third kappa shape index (κ3) is 6.18. The Bertz CT molecular complexity index is 706. The number of hydrogen-bond donors (Lipinski definition) is 2. The summed E-state index contributed by atoms with van der Waals surface area (Å²) in [5.74, 6) is -0.580. The summed E-state index contributed by atoms with van der Waals surface area (Å²) in [5.41, 5.74) is 6.46. The van der Waals surface area contributed by atoms with E-state index in [1.807, 2.05) is 0 Å². The summed E-state index contributed by atoms with van der Waals surface area (Å²) >= 11 is 0. The Morgan fingerprint density at radius 2 is 1.86 bits per heavy atom. The second kappa shape index (κ2) is 10.1. The number of nitrogens with zero attached hydrogens (tertiary/aromatic N) is 2. The number of rotatable bonds is 8. The number of nitriles is 1. The van der Waals surface area contributed by atoms with Crippen molar-refractivity contribution in [2.45, 2.75) is 57.3 Å². The molecule has 0 saturated carbocycles. The van der Waals surface area contributed by atoms with Crippen molar-refractivity contribution in [2.75, 3.05) is 19.6 Å². The van der Waals surface area contributed by atoms with Crippen molar-refractivity contribution in [1.29, 1.82) is 5.26 Å². The lowest BCUT2D eigenvalue weighted by molar-refractivity contribution is -0.192. The number of primary amides is 1. The van der Waals surface area contributed by atoms with E-state index in [0.29, 0.717) is 5.92 Å². The zero-order valence-electron chi connectivity index (χ0n) is 16.9. The molecule has 1 amide bonds. The quantitative estimate of drug-likeness (QED) is 0.643. The van der Waals surface area contributed by atoms with E-state index in [0.717, 1.165) is 36.4 Å². The number of benzene rings is 1. The molecular weight excluding hydrogens is 381 g/mol. The van der Waals surface area contributed by atoms with Crippen LogP contribution in [0.2, 0.25) is 0 Å². The molecule has 0 bridgehead atoms. The number of carbonyl (C=O) groups excluding carboxylic acids is 1. The molecule has 0 radical (unpaired) electrons. The monoisotopic (exact) mass is 410 g/mol. The molecule has 0 aromatic heterocycles. The lowest BCUT2D eigenvalue weighted by Crippen LogP contribution is -2.51. The third-order valence-corrected chi connectivity index (χ3v) is 5.38. The van der Waals surface area contributed by atoms with Gasteiger partial charge in [-0.05, 0) is 55.3 Å². The van der Waals surface area contributed by atoms with Crippen LogP contribution in [0.5, 0.6) is 0 Å². The fourth-order valence-electron chi connectivity index (χ4n) is 4.00. The first-order valence-electron chi connectivity index (χ1n) is 9.94. The highest BCUT2D eigenvalue weighted by molar-refractivity contribution is 5.80. The van der Waals surface area contributed by atoms with Gasteiger partial charge in [-0.2, -0.15) is 18.4 Å². The van der Waals surface area contributed by atoms with Crippen LogP contribution in [0.25, 0.3) is 0 Å². The Morgan fingerprint density at radius 3 is 2.31 bits per heavy atom. The summed E-state index contributed by atoms with van der Waals surface area (Å²) in [5, 5.41) is 12.4. The molecular formula is C21H29F3N4O. The highest BCUT2D eigenvalue weighted by atomic mass is 19.4. The molecule has 1 aliphatic heterocycles. The van der Waals surface area contributed by atoms with Crippen LogP contribution in [-0.2, 0) is 4.79 Å². The molecule has 2 atom stereocenters. The van der Waals surface area contributed by atoms with E-state index >= 15 is 0 Å². The van der Waals surface area contributed by atoms with E-state index in [2.05, 4.69) is 5.32 Å². The summed E-state index contributed by atoms with van der Waals surface area (Å²) in [6.07, 6.45) is -2.62. The second-order valence-corrected chi connectivity index (χ2v) is 8.01. The minimum absolute atomic E-state index is 0.0143. The van der Waals surface area contributed by atoms with Crippen LogP contribution in [0.1, 0.15) is 56.2 Å². The number of carbonyl (C=O) groups is 1. The van der Waals surface area contributed by atoms with Gasteiger partial charge in [0.1, 0.15) is 6.04 Å². The summed E-state index contributed by atoms with van der Waals surface area (Å²) in [6.45, 7) is 4.85. The average Bonchev–Trinajstić information content (AvgIpc) is 2.66. The van der Waals surface area contributed by atoms with E-state index in [1.54, 1.807) is 32.0 Å². The Balaban J connectivity index is 2.39. The summed E-state index contributed by atoms with van der Waals surface area (Å²) < 4.78 is 42.3. The van der Waals surface area contributed by atoms with Gasteiger partial charge in [-0.1, -0.05) is 38.1 Å². The number of halogens is 3. The van der Waals surface area contributed by atoms with Crippen LogP contribution in [0, 0.1) is 17.2 Å². The van der Waals surface area contributed by atoms with Crippen LogP contribution < -0.4 is 11.1 Å². The molecule has 8 heteroatoms. The molecule has 2 rings (SSSR count). The van der Waals surface area contributed by atoms with Crippen LogP contribution in [0.4, 0.5) is 13.2 Å². The predicted molar refractivity (Wildman–Crippen MR) is 105 cm³/mol. The molecule has 0 spiro atoms. The lowest BCUT2D eigenvalue weighted by atomic mass is 9.89. The highest BCUT2D eigenvalue weighted by Crippen LogP contribution is 2.40. The molecule has 160 valence electrons. The minimum atomic E-state index is -4.65. The molecule has 0 aliphatic carbocycles. The van der Waals surface area contributed by atoms with E-state index in [1.165, 1.54) is 12.1 Å². The van der Waals surface area contributed by atoms with Crippen LogP contribution in [0.3, 0.4) is 0 Å². The zero-order chi connectivity index (χ0) is 21.6. The molecule has 1 fully saturated rings. The normalized spacial score (nSPS) is 17.9. The van der Waals surface area contributed by atoms with Gasteiger partial charge in [0.15, 0.2) is 0 Å². The number of amides is 1. The molecule has 1 heterocycles. The Labute approximate surface area is 170 Å².